The Kier molecular flexibility index (Phi) is 4.57. The van der Waals surface area contributed by atoms with Crippen LogP contribution in [0.4, 0.5) is 0 Å². The van der Waals surface area contributed by atoms with Gasteiger partial charge < -0.3 is 9.79 Å². The zero-order valence-corrected chi connectivity index (χ0v) is 8.54. The molecule has 0 rings (SSSR count). The topological polar surface area (TPSA) is 66.8 Å². The average molecular weight is 206 g/mol. The zero-order valence-electron chi connectivity index (χ0n) is 7.64. The standard InChI is InChI=1S/C8H15O4P/c1-4-6-8(3,7-5-2)12-13(9,10)11/h4-5H,1-2,6-7H2,3H3,(H2,9,10,11). The van der Waals surface area contributed by atoms with E-state index in [1.54, 1.807) is 19.1 Å². The van der Waals surface area contributed by atoms with E-state index in [1.165, 1.54) is 0 Å². The fraction of sp³-hybridized carbons (Fsp3) is 0.500. The predicted octanol–water partition coefficient (Wildman–Crippen LogP) is 2.01. The lowest BCUT2D eigenvalue weighted by molar-refractivity contribution is 0.0544. The molecule has 0 aromatic carbocycles. The third kappa shape index (κ3) is 5.77. The largest absolute Gasteiger partial charge is 0.470 e. The minimum absolute atomic E-state index is 0.365. The van der Waals surface area contributed by atoms with Crippen molar-refractivity contribution in [3.63, 3.8) is 0 Å². The molecule has 0 aliphatic carbocycles. The smallest absolute Gasteiger partial charge is 0.303 e. The molecule has 0 spiro atoms. The van der Waals surface area contributed by atoms with Crippen LogP contribution in [0, 0.1) is 0 Å². The van der Waals surface area contributed by atoms with Crippen molar-refractivity contribution in [2.75, 3.05) is 0 Å². The van der Waals surface area contributed by atoms with Gasteiger partial charge in [0.15, 0.2) is 0 Å². The fourth-order valence-corrected chi connectivity index (χ4v) is 1.78. The van der Waals surface area contributed by atoms with Crippen LogP contribution in [0.3, 0.4) is 0 Å². The molecule has 0 atom stereocenters. The summed E-state index contributed by atoms with van der Waals surface area (Å²) in [5.41, 5.74) is -0.914. The molecule has 0 aliphatic heterocycles. The average Bonchev–Trinajstić information content (AvgIpc) is 1.82. The van der Waals surface area contributed by atoms with Crippen LogP contribution in [0.2, 0.25) is 0 Å². The highest BCUT2D eigenvalue weighted by atomic mass is 31.2. The Morgan fingerprint density at radius 1 is 1.38 bits per heavy atom. The maximum Gasteiger partial charge on any atom is 0.470 e. The number of hydrogen-bond donors (Lipinski definition) is 2. The molecule has 13 heavy (non-hydrogen) atoms. The first-order valence-corrected chi connectivity index (χ1v) is 5.34. The molecule has 0 radical (unpaired) electrons. The fourth-order valence-electron chi connectivity index (χ4n) is 1.06. The molecule has 0 bridgehead atoms. The van der Waals surface area contributed by atoms with Crippen molar-refractivity contribution in [2.45, 2.75) is 25.4 Å². The summed E-state index contributed by atoms with van der Waals surface area (Å²) in [5.74, 6) is 0. The lowest BCUT2D eigenvalue weighted by Gasteiger charge is -2.27. The molecule has 0 aromatic rings. The minimum Gasteiger partial charge on any atom is -0.303 e. The van der Waals surface area contributed by atoms with Crippen LogP contribution in [0.5, 0.6) is 0 Å². The first-order chi connectivity index (χ1) is 5.83. The first-order valence-electron chi connectivity index (χ1n) is 3.81. The molecule has 0 saturated heterocycles. The minimum atomic E-state index is -4.44. The van der Waals surface area contributed by atoms with Crippen LogP contribution in [0.25, 0.3) is 0 Å². The molecule has 0 amide bonds. The molecule has 0 fully saturated rings. The van der Waals surface area contributed by atoms with Crippen molar-refractivity contribution < 1.29 is 18.9 Å². The van der Waals surface area contributed by atoms with Crippen LogP contribution in [0.1, 0.15) is 19.8 Å². The Morgan fingerprint density at radius 3 is 2.00 bits per heavy atom. The molecule has 0 unspecified atom stereocenters. The van der Waals surface area contributed by atoms with Gasteiger partial charge in [0.2, 0.25) is 0 Å². The van der Waals surface area contributed by atoms with Gasteiger partial charge in [-0.25, -0.2) is 4.57 Å². The summed E-state index contributed by atoms with van der Waals surface area (Å²) in [5, 5.41) is 0. The second kappa shape index (κ2) is 4.72. The number of rotatable bonds is 6. The van der Waals surface area contributed by atoms with E-state index in [4.69, 9.17) is 9.79 Å². The molecule has 76 valence electrons. The second-order valence-electron chi connectivity index (χ2n) is 3.02. The van der Waals surface area contributed by atoms with E-state index in [9.17, 15) is 4.57 Å². The highest BCUT2D eigenvalue weighted by molar-refractivity contribution is 7.46. The summed E-state index contributed by atoms with van der Waals surface area (Å²) >= 11 is 0. The molecule has 0 aromatic heterocycles. The molecule has 2 N–H and O–H groups in total. The van der Waals surface area contributed by atoms with Gasteiger partial charge in [-0.1, -0.05) is 12.2 Å². The van der Waals surface area contributed by atoms with Crippen LogP contribution in [0.15, 0.2) is 25.3 Å². The van der Waals surface area contributed by atoms with Gasteiger partial charge in [0, 0.05) is 0 Å². The number of phosphoric acid groups is 1. The Labute approximate surface area is 78.2 Å². The normalized spacial score (nSPS) is 12.5. The van der Waals surface area contributed by atoms with Gasteiger partial charge in [-0.05, 0) is 19.8 Å². The Morgan fingerprint density at radius 2 is 1.77 bits per heavy atom. The summed E-state index contributed by atoms with van der Waals surface area (Å²) in [4.78, 5) is 17.3. The van der Waals surface area contributed by atoms with Gasteiger partial charge in [0.25, 0.3) is 0 Å². The van der Waals surface area contributed by atoms with Crippen molar-refractivity contribution in [3.8, 4) is 0 Å². The maximum atomic E-state index is 10.6. The highest BCUT2D eigenvalue weighted by Gasteiger charge is 2.31. The lowest BCUT2D eigenvalue weighted by Crippen LogP contribution is -2.25. The summed E-state index contributed by atoms with van der Waals surface area (Å²) < 4.78 is 15.2. The van der Waals surface area contributed by atoms with Gasteiger partial charge in [-0.2, -0.15) is 0 Å². The van der Waals surface area contributed by atoms with E-state index >= 15 is 0 Å². The van der Waals surface area contributed by atoms with Gasteiger partial charge in [0.1, 0.15) is 0 Å². The van der Waals surface area contributed by atoms with Gasteiger partial charge >= 0.3 is 7.82 Å². The number of hydrogen-bond acceptors (Lipinski definition) is 2. The molecule has 4 nitrogen and oxygen atoms in total. The quantitative estimate of drug-likeness (QED) is 0.515. The molecular weight excluding hydrogens is 191 g/mol. The van der Waals surface area contributed by atoms with E-state index < -0.39 is 13.4 Å². The third-order valence-electron chi connectivity index (χ3n) is 1.49. The molecule has 5 heteroatoms. The summed E-state index contributed by atoms with van der Waals surface area (Å²) in [6.45, 7) is 8.59. The first kappa shape index (κ1) is 12.6. The summed E-state index contributed by atoms with van der Waals surface area (Å²) in [6, 6.07) is 0. The van der Waals surface area contributed by atoms with E-state index in [1.807, 2.05) is 0 Å². The SMILES string of the molecule is C=CCC(C)(CC=C)OP(=O)(O)O. The summed E-state index contributed by atoms with van der Waals surface area (Å²) in [6.07, 6.45) is 3.84. The van der Waals surface area contributed by atoms with E-state index in [0.717, 1.165) is 0 Å². The van der Waals surface area contributed by atoms with Gasteiger partial charge in [-0.15, -0.1) is 13.2 Å². The van der Waals surface area contributed by atoms with Gasteiger partial charge in [-0.3, -0.25) is 4.52 Å². The Hall–Kier alpha value is -0.410. The van der Waals surface area contributed by atoms with Crippen LogP contribution >= 0.6 is 7.82 Å². The van der Waals surface area contributed by atoms with Crippen LogP contribution < -0.4 is 0 Å². The van der Waals surface area contributed by atoms with E-state index in [0.29, 0.717) is 12.8 Å². The second-order valence-corrected chi connectivity index (χ2v) is 4.18. The predicted molar refractivity (Wildman–Crippen MR) is 51.2 cm³/mol. The molecule has 0 heterocycles. The van der Waals surface area contributed by atoms with Crippen molar-refractivity contribution in [1.29, 1.82) is 0 Å². The highest BCUT2D eigenvalue weighted by Crippen LogP contribution is 2.43. The molecule has 0 aliphatic rings. The monoisotopic (exact) mass is 206 g/mol. The third-order valence-corrected chi connectivity index (χ3v) is 2.17. The zero-order chi connectivity index (χ0) is 10.5. The molecular formula is C8H15O4P. The van der Waals surface area contributed by atoms with Crippen molar-refractivity contribution >= 4 is 7.82 Å². The maximum absolute atomic E-state index is 10.6. The van der Waals surface area contributed by atoms with Crippen molar-refractivity contribution in [3.05, 3.63) is 25.3 Å². The van der Waals surface area contributed by atoms with E-state index in [2.05, 4.69) is 17.7 Å². The van der Waals surface area contributed by atoms with Gasteiger partial charge in [0.05, 0.1) is 5.60 Å². The molecule has 0 saturated carbocycles. The van der Waals surface area contributed by atoms with Crippen molar-refractivity contribution in [1.82, 2.24) is 0 Å². The van der Waals surface area contributed by atoms with E-state index in [-0.39, 0.29) is 0 Å². The van der Waals surface area contributed by atoms with Crippen molar-refractivity contribution in [2.24, 2.45) is 0 Å². The Balaban J connectivity index is 4.48. The number of phosphoric ester groups is 1. The summed E-state index contributed by atoms with van der Waals surface area (Å²) in [7, 11) is -4.44. The van der Waals surface area contributed by atoms with Crippen LogP contribution in [-0.4, -0.2) is 15.4 Å². The lowest BCUT2D eigenvalue weighted by atomic mass is 9.99. The van der Waals surface area contributed by atoms with Crippen LogP contribution in [-0.2, 0) is 9.09 Å². The Bertz CT molecular complexity index is 220.